The van der Waals surface area contributed by atoms with Crippen molar-refractivity contribution in [2.45, 2.75) is 25.1 Å². The molecule has 1 aliphatic rings. The molecule has 0 bridgehead atoms. The Hall–Kier alpha value is -7.34. The van der Waals surface area contributed by atoms with Crippen molar-refractivity contribution in [3.05, 3.63) is 223 Å². The normalized spacial score (nSPS) is 14.5. The zero-order valence-corrected chi connectivity index (χ0v) is 35.3. The fourth-order valence-electron chi connectivity index (χ4n) is 9.51. The molecule has 1 aliphatic carbocycles. The van der Waals surface area contributed by atoms with Gasteiger partial charge in [-0.15, -0.1) is 0 Å². The van der Waals surface area contributed by atoms with Gasteiger partial charge in [-0.2, -0.15) is 0 Å². The molecule has 0 fully saturated rings. The number of hydrogen-bond acceptors (Lipinski definition) is 4. The molecule has 0 aliphatic heterocycles. The van der Waals surface area contributed by atoms with Crippen molar-refractivity contribution in [2.75, 3.05) is 0 Å². The van der Waals surface area contributed by atoms with Gasteiger partial charge in [0, 0.05) is 28.2 Å². The first-order valence-electron chi connectivity index (χ1n) is 21.0. The topological polar surface area (TPSA) is 51.6 Å². The largest absolute Gasteiger partial charge is 0.265 e. The fourth-order valence-corrected chi connectivity index (χ4v) is 11.0. The van der Waals surface area contributed by atoms with E-state index < -0.39 is 13.5 Å². The summed E-state index contributed by atoms with van der Waals surface area (Å²) >= 11 is 0. The number of pyridine rings is 1. The van der Waals surface area contributed by atoms with Crippen LogP contribution in [0.2, 0.25) is 19.6 Å². The van der Waals surface area contributed by atoms with Crippen molar-refractivity contribution in [2.24, 2.45) is 0 Å². The number of fused-ring (bicyclic) bond motifs is 5. The molecule has 0 saturated heterocycles. The predicted molar refractivity (Wildman–Crippen MR) is 255 cm³/mol. The number of nitrogens with zero attached hydrogens (tertiary/aromatic N) is 4. The minimum absolute atomic E-state index is 0.527. The van der Waals surface area contributed by atoms with Gasteiger partial charge in [-0.1, -0.05) is 196 Å². The molecule has 5 heteroatoms. The molecule has 2 aromatic heterocycles. The van der Waals surface area contributed by atoms with E-state index in [9.17, 15) is 0 Å². The van der Waals surface area contributed by atoms with E-state index in [4.69, 9.17) is 19.9 Å². The molecule has 2 heterocycles. The number of hydrogen-bond donors (Lipinski definition) is 0. The van der Waals surface area contributed by atoms with Crippen LogP contribution in [0.5, 0.6) is 0 Å². The predicted octanol–water partition coefficient (Wildman–Crippen LogP) is 13.1. The lowest BCUT2D eigenvalue weighted by molar-refractivity contribution is 0.770. The Balaban J connectivity index is 1.09. The number of rotatable bonds is 7. The van der Waals surface area contributed by atoms with Crippen molar-refractivity contribution < 1.29 is 0 Å². The average Bonchev–Trinajstić information content (AvgIpc) is 3.61. The molecule has 1 unspecified atom stereocenters. The smallest absolute Gasteiger partial charge is 0.166 e. The second kappa shape index (κ2) is 14.4. The zero-order chi connectivity index (χ0) is 41.1. The van der Waals surface area contributed by atoms with Crippen LogP contribution in [-0.2, 0) is 5.41 Å². The van der Waals surface area contributed by atoms with E-state index in [2.05, 4.69) is 196 Å². The Morgan fingerprint density at radius 3 is 1.79 bits per heavy atom. The van der Waals surface area contributed by atoms with E-state index >= 15 is 0 Å². The highest BCUT2D eigenvalue weighted by Gasteiger charge is 2.46. The molecule has 0 N–H and O–H groups in total. The van der Waals surface area contributed by atoms with E-state index in [0.29, 0.717) is 17.5 Å². The fraction of sp³-hybridized carbons (Fsp3) is 0.0714. The highest BCUT2D eigenvalue weighted by Crippen LogP contribution is 2.57. The van der Waals surface area contributed by atoms with E-state index in [1.54, 1.807) is 0 Å². The Morgan fingerprint density at radius 1 is 0.377 bits per heavy atom. The molecule has 11 rings (SSSR count). The van der Waals surface area contributed by atoms with E-state index in [1.165, 1.54) is 54.9 Å². The SMILES string of the molecule is C[Si](C)(C)c1ncc(-c2nc(-c3ccccc3)nc(-c3cccc(-c4ccc5c(c4)C(c4ccccc4)(c4ccc6ccccc6c4)c4ccccc4-5)c3)n2)c2ccccc12. The van der Waals surface area contributed by atoms with Crippen LogP contribution in [0, 0.1) is 0 Å². The highest BCUT2D eigenvalue weighted by molar-refractivity contribution is 6.89. The standard InChI is InChI=1S/C56H42N4Si/c1-61(2,3)55-48-27-13-12-25-45(48)49(36-57-55)54-59-52(38-18-6-4-7-19-38)58-53(60-54)42-22-16-21-39(33-42)41-30-32-47-46-26-14-15-28-50(46)56(51(47)35-41,43-23-8-5-9-24-43)44-31-29-37-17-10-11-20-40(37)34-44/h4-36H,1-3H3. The zero-order valence-electron chi connectivity index (χ0n) is 34.3. The van der Waals surface area contributed by atoms with Gasteiger partial charge in [0.1, 0.15) is 8.07 Å². The van der Waals surface area contributed by atoms with Crippen LogP contribution in [0.4, 0.5) is 0 Å². The van der Waals surface area contributed by atoms with Crippen molar-refractivity contribution in [1.29, 1.82) is 0 Å². The molecular weight excluding hydrogens is 757 g/mol. The van der Waals surface area contributed by atoms with Gasteiger partial charge in [-0.25, -0.2) is 15.0 Å². The quantitative estimate of drug-likeness (QED) is 0.151. The average molecular weight is 799 g/mol. The van der Waals surface area contributed by atoms with Crippen LogP contribution < -0.4 is 5.32 Å². The molecule has 0 spiro atoms. The van der Waals surface area contributed by atoms with Gasteiger partial charge >= 0.3 is 0 Å². The summed E-state index contributed by atoms with van der Waals surface area (Å²) in [5, 5.41) is 5.92. The molecule has 8 aromatic carbocycles. The molecule has 290 valence electrons. The lowest BCUT2D eigenvalue weighted by Gasteiger charge is -2.34. The molecule has 1 atom stereocenters. The van der Waals surface area contributed by atoms with Crippen LogP contribution in [0.3, 0.4) is 0 Å². The maximum Gasteiger partial charge on any atom is 0.166 e. The van der Waals surface area contributed by atoms with Crippen molar-refractivity contribution >= 4 is 34.9 Å². The van der Waals surface area contributed by atoms with Gasteiger partial charge in [0.2, 0.25) is 0 Å². The van der Waals surface area contributed by atoms with Gasteiger partial charge in [0.05, 0.1) is 5.41 Å². The summed E-state index contributed by atoms with van der Waals surface area (Å²) < 4.78 is 0. The van der Waals surface area contributed by atoms with E-state index in [0.717, 1.165) is 33.2 Å². The van der Waals surface area contributed by atoms with Crippen molar-refractivity contribution in [3.8, 4) is 56.4 Å². The number of benzene rings is 8. The Bertz CT molecular complexity index is 3300. The molecule has 0 saturated carbocycles. The summed E-state index contributed by atoms with van der Waals surface area (Å²) in [5.74, 6) is 1.86. The van der Waals surface area contributed by atoms with Gasteiger partial charge in [0.15, 0.2) is 17.5 Å². The first-order chi connectivity index (χ1) is 29.9. The van der Waals surface area contributed by atoms with Crippen LogP contribution >= 0.6 is 0 Å². The monoisotopic (exact) mass is 798 g/mol. The molecule has 4 nitrogen and oxygen atoms in total. The van der Waals surface area contributed by atoms with Crippen molar-refractivity contribution in [1.82, 2.24) is 19.9 Å². The molecule has 10 aromatic rings. The first kappa shape index (κ1) is 36.7. The van der Waals surface area contributed by atoms with Crippen molar-refractivity contribution in [3.63, 3.8) is 0 Å². The van der Waals surface area contributed by atoms with E-state index in [-0.39, 0.29) is 0 Å². The molecule has 61 heavy (non-hydrogen) atoms. The van der Waals surface area contributed by atoms with Crippen LogP contribution in [0.25, 0.3) is 78.0 Å². The maximum atomic E-state index is 5.24. The van der Waals surface area contributed by atoms with Crippen LogP contribution in [0.15, 0.2) is 200 Å². The second-order valence-electron chi connectivity index (χ2n) is 17.1. The highest BCUT2D eigenvalue weighted by atomic mass is 28.3. The summed E-state index contributed by atoms with van der Waals surface area (Å²) in [6, 6.07) is 70.0. The molecular formula is C56H42N4Si. The Morgan fingerprint density at radius 2 is 0.984 bits per heavy atom. The second-order valence-corrected chi connectivity index (χ2v) is 22.0. The minimum atomic E-state index is -1.74. The summed E-state index contributed by atoms with van der Waals surface area (Å²) in [4.78, 5) is 20.6. The summed E-state index contributed by atoms with van der Waals surface area (Å²) in [6.07, 6.45) is 1.97. The third-order valence-electron chi connectivity index (χ3n) is 12.3. The lowest BCUT2D eigenvalue weighted by atomic mass is 9.67. The Kier molecular flexibility index (Phi) is 8.69. The first-order valence-corrected chi connectivity index (χ1v) is 24.5. The molecule has 0 amide bonds. The summed E-state index contributed by atoms with van der Waals surface area (Å²) in [5.41, 5.74) is 12.0. The van der Waals surface area contributed by atoms with Crippen LogP contribution in [0.1, 0.15) is 22.3 Å². The third kappa shape index (κ3) is 6.11. The van der Waals surface area contributed by atoms with Crippen LogP contribution in [-0.4, -0.2) is 28.0 Å². The maximum absolute atomic E-state index is 5.24. The van der Waals surface area contributed by atoms with Gasteiger partial charge in [0.25, 0.3) is 0 Å². The summed E-state index contributed by atoms with van der Waals surface area (Å²) in [6.45, 7) is 7.02. The lowest BCUT2D eigenvalue weighted by Crippen LogP contribution is -2.40. The van der Waals surface area contributed by atoms with Gasteiger partial charge in [-0.05, 0) is 84.3 Å². The number of aromatic nitrogens is 4. The van der Waals surface area contributed by atoms with Gasteiger partial charge in [-0.3, -0.25) is 4.98 Å². The third-order valence-corrected chi connectivity index (χ3v) is 14.1. The Labute approximate surface area is 357 Å². The van der Waals surface area contributed by atoms with E-state index in [1.807, 2.05) is 24.4 Å². The minimum Gasteiger partial charge on any atom is -0.265 e. The van der Waals surface area contributed by atoms with Gasteiger partial charge < -0.3 is 0 Å². The summed E-state index contributed by atoms with van der Waals surface area (Å²) in [7, 11) is -1.74. The molecule has 0 radical (unpaired) electrons.